The fourth-order valence-electron chi connectivity index (χ4n) is 2.64. The van der Waals surface area contributed by atoms with Crippen LogP contribution in [-0.4, -0.2) is 26.3 Å². The molecule has 0 aliphatic heterocycles. The molecule has 1 aromatic heterocycles. The van der Waals surface area contributed by atoms with Gasteiger partial charge in [-0.15, -0.1) is 11.3 Å². The van der Waals surface area contributed by atoms with Crippen molar-refractivity contribution < 1.29 is 13.2 Å². The van der Waals surface area contributed by atoms with Crippen molar-refractivity contribution in [3.8, 4) is 0 Å². The van der Waals surface area contributed by atoms with Gasteiger partial charge in [-0.05, 0) is 55.5 Å². The van der Waals surface area contributed by atoms with E-state index in [4.69, 9.17) is 0 Å². The Morgan fingerprint density at radius 3 is 2.54 bits per heavy atom. The summed E-state index contributed by atoms with van der Waals surface area (Å²) in [6.45, 7) is 1.77. The van der Waals surface area contributed by atoms with Crippen molar-refractivity contribution in [3.63, 3.8) is 0 Å². The van der Waals surface area contributed by atoms with Crippen molar-refractivity contribution in [1.29, 1.82) is 0 Å². The van der Waals surface area contributed by atoms with Crippen LogP contribution in [-0.2, 0) is 22.7 Å². The van der Waals surface area contributed by atoms with Gasteiger partial charge in [0.15, 0.2) is 9.84 Å². The molecule has 0 fully saturated rings. The molecule has 0 spiro atoms. The molecule has 0 saturated heterocycles. The number of nitrogens with one attached hydrogen (secondary N) is 1. The largest absolute Gasteiger partial charge is 0.281 e. The number of thiophene rings is 1. The molecule has 0 saturated carbocycles. The maximum absolute atomic E-state index is 12.2. The molecule has 1 aliphatic rings. The molecule has 1 aromatic carbocycles. The summed E-state index contributed by atoms with van der Waals surface area (Å²) in [5.74, 6) is -0.207. The lowest BCUT2D eigenvalue weighted by Gasteiger charge is -2.03. The van der Waals surface area contributed by atoms with Crippen LogP contribution in [0.3, 0.4) is 0 Å². The van der Waals surface area contributed by atoms with E-state index in [0.29, 0.717) is 10.6 Å². The van der Waals surface area contributed by atoms with Crippen LogP contribution in [0.15, 0.2) is 40.3 Å². The number of amides is 1. The van der Waals surface area contributed by atoms with Crippen LogP contribution in [0.5, 0.6) is 0 Å². The number of sulfone groups is 1. The molecule has 3 rings (SSSR count). The first-order valence-corrected chi connectivity index (χ1v) is 10.3. The molecule has 5 nitrogen and oxygen atoms in total. The predicted octanol–water partition coefficient (Wildman–Crippen LogP) is 2.79. The zero-order valence-electron chi connectivity index (χ0n) is 13.5. The monoisotopic (exact) mass is 362 g/mol. The Morgan fingerprint density at radius 1 is 1.21 bits per heavy atom. The second-order valence-electron chi connectivity index (χ2n) is 5.85. The fourth-order valence-corrected chi connectivity index (χ4v) is 4.41. The topological polar surface area (TPSA) is 75.6 Å². The summed E-state index contributed by atoms with van der Waals surface area (Å²) in [6, 6.07) is 8.39. The van der Waals surface area contributed by atoms with E-state index in [2.05, 4.69) is 10.5 Å². The lowest BCUT2D eigenvalue weighted by atomic mass is 10.1. The smallest absolute Gasteiger partial charge is 0.266 e. The summed E-state index contributed by atoms with van der Waals surface area (Å²) in [6.07, 6.45) is 4.45. The van der Waals surface area contributed by atoms with Gasteiger partial charge in [0.1, 0.15) is 0 Å². The summed E-state index contributed by atoms with van der Waals surface area (Å²) in [7, 11) is -3.21. The van der Waals surface area contributed by atoms with Gasteiger partial charge in [0.2, 0.25) is 0 Å². The maximum atomic E-state index is 12.2. The van der Waals surface area contributed by atoms with Gasteiger partial charge in [-0.1, -0.05) is 12.1 Å². The van der Waals surface area contributed by atoms with E-state index < -0.39 is 9.84 Å². The predicted molar refractivity (Wildman–Crippen MR) is 95.6 cm³/mol. The Morgan fingerprint density at radius 2 is 1.92 bits per heavy atom. The minimum atomic E-state index is -3.21. The maximum Gasteiger partial charge on any atom is 0.281 e. The number of hydrazone groups is 1. The summed E-state index contributed by atoms with van der Waals surface area (Å²) in [5.41, 5.74) is 5.23. The van der Waals surface area contributed by atoms with E-state index in [-0.39, 0.29) is 10.8 Å². The SMILES string of the molecule is C/C(=N/NC(=O)c1cc2c(s1)CCC2)c1ccc(S(C)(=O)=O)cc1. The highest BCUT2D eigenvalue weighted by atomic mass is 32.2. The van der Waals surface area contributed by atoms with Crippen molar-refractivity contribution in [2.75, 3.05) is 6.26 Å². The number of benzene rings is 1. The third-order valence-corrected chi connectivity index (χ3v) is 6.36. The summed E-state index contributed by atoms with van der Waals surface area (Å²) < 4.78 is 22.9. The van der Waals surface area contributed by atoms with E-state index in [9.17, 15) is 13.2 Å². The van der Waals surface area contributed by atoms with Gasteiger partial charge in [0.05, 0.1) is 15.5 Å². The Kier molecular flexibility index (Phi) is 4.56. The highest BCUT2D eigenvalue weighted by molar-refractivity contribution is 7.90. The number of hydrogen-bond acceptors (Lipinski definition) is 5. The zero-order chi connectivity index (χ0) is 17.3. The molecule has 0 bridgehead atoms. The van der Waals surface area contributed by atoms with Crippen molar-refractivity contribution in [2.45, 2.75) is 31.1 Å². The first kappa shape index (κ1) is 16.9. The summed E-state index contributed by atoms with van der Waals surface area (Å²) >= 11 is 1.53. The second-order valence-corrected chi connectivity index (χ2v) is 9.00. The number of fused-ring (bicyclic) bond motifs is 1. The minimum absolute atomic E-state index is 0.207. The molecule has 1 heterocycles. The number of hydrogen-bond donors (Lipinski definition) is 1. The molecule has 0 unspecified atom stereocenters. The number of nitrogens with zero attached hydrogens (tertiary/aromatic N) is 1. The quantitative estimate of drug-likeness (QED) is 0.671. The number of aryl methyl sites for hydroxylation is 2. The van der Waals surface area contributed by atoms with Crippen molar-refractivity contribution in [2.24, 2.45) is 5.10 Å². The zero-order valence-corrected chi connectivity index (χ0v) is 15.1. The Labute approximate surface area is 145 Å². The minimum Gasteiger partial charge on any atom is -0.266 e. The third-order valence-electron chi connectivity index (χ3n) is 4.00. The van der Waals surface area contributed by atoms with Gasteiger partial charge < -0.3 is 0 Å². The van der Waals surface area contributed by atoms with E-state index in [1.807, 2.05) is 6.07 Å². The van der Waals surface area contributed by atoms with Crippen LogP contribution >= 0.6 is 11.3 Å². The number of carbonyl (C=O) groups is 1. The molecule has 1 aliphatic carbocycles. The molecular weight excluding hydrogens is 344 g/mol. The molecule has 0 radical (unpaired) electrons. The molecule has 24 heavy (non-hydrogen) atoms. The average molecular weight is 362 g/mol. The van der Waals surface area contributed by atoms with Crippen LogP contribution < -0.4 is 5.43 Å². The van der Waals surface area contributed by atoms with Gasteiger partial charge in [-0.25, -0.2) is 13.8 Å². The number of carbonyl (C=O) groups excluding carboxylic acids is 1. The first-order valence-electron chi connectivity index (χ1n) is 7.61. The standard InChI is InChI=1S/C17H18N2O3S2/c1-11(12-6-8-14(9-7-12)24(2,21)22)18-19-17(20)16-10-13-4-3-5-15(13)23-16/h6-10H,3-5H2,1-2H3,(H,19,20)/b18-11-. The van der Waals surface area contributed by atoms with Crippen LogP contribution in [0.4, 0.5) is 0 Å². The number of rotatable bonds is 4. The normalized spacial score (nSPS) is 14.5. The van der Waals surface area contributed by atoms with Crippen molar-refractivity contribution in [1.82, 2.24) is 5.43 Å². The average Bonchev–Trinajstić information content (AvgIpc) is 3.13. The van der Waals surface area contributed by atoms with E-state index in [0.717, 1.165) is 18.4 Å². The fraction of sp³-hybridized carbons (Fsp3) is 0.294. The highest BCUT2D eigenvalue weighted by Crippen LogP contribution is 2.30. The van der Waals surface area contributed by atoms with Gasteiger partial charge in [-0.2, -0.15) is 5.10 Å². The van der Waals surface area contributed by atoms with Crippen molar-refractivity contribution >= 4 is 32.8 Å². The van der Waals surface area contributed by atoms with Crippen LogP contribution in [0.1, 0.15) is 39.0 Å². The Bertz CT molecular complexity index is 888. The van der Waals surface area contributed by atoms with Gasteiger partial charge >= 0.3 is 0 Å². The van der Waals surface area contributed by atoms with E-state index >= 15 is 0 Å². The van der Waals surface area contributed by atoms with Gasteiger partial charge in [0.25, 0.3) is 5.91 Å². The van der Waals surface area contributed by atoms with Gasteiger partial charge in [-0.3, -0.25) is 4.79 Å². The lowest BCUT2D eigenvalue weighted by molar-refractivity contribution is 0.0959. The molecule has 2 aromatic rings. The summed E-state index contributed by atoms with van der Waals surface area (Å²) in [5, 5.41) is 4.12. The van der Waals surface area contributed by atoms with E-state index in [1.54, 1.807) is 19.1 Å². The van der Waals surface area contributed by atoms with E-state index in [1.165, 1.54) is 46.6 Å². The molecule has 0 atom stereocenters. The Hall–Kier alpha value is -1.99. The van der Waals surface area contributed by atoms with Crippen LogP contribution in [0.2, 0.25) is 0 Å². The first-order chi connectivity index (χ1) is 11.3. The Balaban J connectivity index is 1.70. The van der Waals surface area contributed by atoms with Crippen LogP contribution in [0, 0.1) is 0 Å². The molecule has 126 valence electrons. The molecule has 1 amide bonds. The second kappa shape index (κ2) is 6.49. The van der Waals surface area contributed by atoms with Gasteiger partial charge in [0, 0.05) is 11.1 Å². The lowest BCUT2D eigenvalue weighted by Crippen LogP contribution is -2.18. The highest BCUT2D eigenvalue weighted by Gasteiger charge is 2.18. The third kappa shape index (κ3) is 3.57. The van der Waals surface area contributed by atoms with Crippen LogP contribution in [0.25, 0.3) is 0 Å². The molecule has 1 N–H and O–H groups in total. The summed E-state index contributed by atoms with van der Waals surface area (Å²) in [4.78, 5) is 14.4. The van der Waals surface area contributed by atoms with Crippen molar-refractivity contribution in [3.05, 3.63) is 51.2 Å². The molecule has 7 heteroatoms. The molecular formula is C17H18N2O3S2.